The van der Waals surface area contributed by atoms with Crippen molar-refractivity contribution in [3.8, 4) is 0 Å². The van der Waals surface area contributed by atoms with Gasteiger partial charge in [0.1, 0.15) is 0 Å². The van der Waals surface area contributed by atoms with Crippen molar-refractivity contribution in [2.75, 3.05) is 6.54 Å². The van der Waals surface area contributed by atoms with E-state index in [-0.39, 0.29) is 0 Å². The molecule has 172 valence electrons. The summed E-state index contributed by atoms with van der Waals surface area (Å²) in [4.78, 5) is 5.00. The molecule has 2 rings (SSSR count). The van der Waals surface area contributed by atoms with Crippen LogP contribution in [0.3, 0.4) is 0 Å². The minimum absolute atomic E-state index is 0.490. The summed E-state index contributed by atoms with van der Waals surface area (Å²) < 4.78 is 0. The standard InChI is InChI=1S/C29H41N2P/c1-6-9-21(4)16-22(5)10-12-25(8-3)29(31-19-23(7-2)18-30)27-15-11-24(20-32)17-28(27)26-13-14-26/h7,10-12,15,17,19-21,26,32H,5-6,8-9,13-14,16,18,30H2,1-4H3/b12-10+,23-7-,29-25+,31-19+. The van der Waals surface area contributed by atoms with Gasteiger partial charge in [-0.05, 0) is 72.5 Å². The molecule has 1 saturated carbocycles. The summed E-state index contributed by atoms with van der Waals surface area (Å²) in [6.45, 7) is 13.6. The molecule has 1 aliphatic carbocycles. The highest BCUT2D eigenvalue weighted by molar-refractivity contribution is 7.19. The zero-order valence-corrected chi connectivity index (χ0v) is 21.5. The molecule has 3 heteroatoms. The second kappa shape index (κ2) is 13.5. The van der Waals surface area contributed by atoms with E-state index in [1.807, 2.05) is 25.0 Å². The van der Waals surface area contributed by atoms with Gasteiger partial charge in [-0.15, -0.1) is 8.86 Å². The molecule has 2 N–H and O–H groups in total. The molecular formula is C29H41N2P. The minimum atomic E-state index is 0.490. The molecule has 0 aromatic heterocycles. The number of rotatable bonds is 13. The van der Waals surface area contributed by atoms with Gasteiger partial charge in [0, 0.05) is 18.3 Å². The second-order valence-corrected chi connectivity index (χ2v) is 9.20. The summed E-state index contributed by atoms with van der Waals surface area (Å²) in [7, 11) is 3.55. The first-order chi connectivity index (χ1) is 15.5. The molecule has 1 aliphatic rings. The number of aliphatic imine (C=N–C) groups is 1. The maximum atomic E-state index is 5.90. The minimum Gasteiger partial charge on any atom is -0.326 e. The molecule has 0 amide bonds. The summed E-state index contributed by atoms with van der Waals surface area (Å²) in [5.41, 5.74) is 14.2. The highest BCUT2D eigenvalue weighted by atomic mass is 31.0. The van der Waals surface area contributed by atoms with E-state index in [4.69, 9.17) is 10.7 Å². The number of hydrogen-bond acceptors (Lipinski definition) is 2. The largest absolute Gasteiger partial charge is 0.326 e. The molecule has 0 bridgehead atoms. The summed E-state index contributed by atoms with van der Waals surface area (Å²) in [5, 5.41) is 0. The van der Waals surface area contributed by atoms with Crippen LogP contribution < -0.4 is 5.73 Å². The number of benzene rings is 1. The third kappa shape index (κ3) is 7.84. The molecular weight excluding hydrogens is 407 g/mol. The van der Waals surface area contributed by atoms with Crippen LogP contribution in [0.25, 0.3) is 5.70 Å². The Morgan fingerprint density at radius 3 is 2.59 bits per heavy atom. The van der Waals surface area contributed by atoms with Crippen LogP contribution >= 0.6 is 8.86 Å². The van der Waals surface area contributed by atoms with Gasteiger partial charge in [-0.3, -0.25) is 4.99 Å². The van der Waals surface area contributed by atoms with Crippen molar-refractivity contribution < 1.29 is 0 Å². The Labute approximate surface area is 198 Å². The molecule has 1 aromatic rings. The molecule has 1 atom stereocenters. The number of nitrogens with two attached hydrogens (primary N) is 1. The molecule has 0 radical (unpaired) electrons. The fourth-order valence-corrected chi connectivity index (χ4v) is 4.21. The van der Waals surface area contributed by atoms with Crippen molar-refractivity contribution in [1.82, 2.24) is 0 Å². The van der Waals surface area contributed by atoms with Crippen molar-refractivity contribution in [1.29, 1.82) is 0 Å². The fraction of sp³-hybridized carbons (Fsp3) is 0.448. The molecule has 0 saturated heterocycles. The number of allylic oxidation sites excluding steroid dienone is 5. The van der Waals surface area contributed by atoms with E-state index in [2.05, 4.69) is 66.6 Å². The van der Waals surface area contributed by atoms with Gasteiger partial charge in [0.15, 0.2) is 0 Å². The van der Waals surface area contributed by atoms with E-state index in [0.29, 0.717) is 18.4 Å². The lowest BCUT2D eigenvalue weighted by molar-refractivity contribution is 0.525. The highest BCUT2D eigenvalue weighted by Crippen LogP contribution is 2.44. The average molecular weight is 449 g/mol. The predicted octanol–water partition coefficient (Wildman–Crippen LogP) is 7.89. The van der Waals surface area contributed by atoms with Crippen molar-refractivity contribution in [3.05, 3.63) is 76.4 Å². The van der Waals surface area contributed by atoms with Gasteiger partial charge >= 0.3 is 0 Å². The fourth-order valence-electron chi connectivity index (χ4n) is 4.03. The van der Waals surface area contributed by atoms with Gasteiger partial charge in [-0.1, -0.05) is 82.2 Å². The van der Waals surface area contributed by atoms with Gasteiger partial charge in [0.05, 0.1) is 5.70 Å². The van der Waals surface area contributed by atoms with Crippen LogP contribution in [0.5, 0.6) is 0 Å². The van der Waals surface area contributed by atoms with E-state index in [1.54, 1.807) is 0 Å². The van der Waals surface area contributed by atoms with Crippen molar-refractivity contribution in [2.45, 2.75) is 72.1 Å². The summed E-state index contributed by atoms with van der Waals surface area (Å²) in [6.07, 6.45) is 15.3. The van der Waals surface area contributed by atoms with Crippen molar-refractivity contribution >= 4 is 26.6 Å². The summed E-state index contributed by atoms with van der Waals surface area (Å²) in [6, 6.07) is 6.69. The Bertz CT molecular complexity index is 913. The molecule has 1 unspecified atom stereocenters. The quantitative estimate of drug-likeness (QED) is 0.186. The lowest BCUT2D eigenvalue weighted by Gasteiger charge is -2.15. The first-order valence-corrected chi connectivity index (χ1v) is 12.7. The van der Waals surface area contributed by atoms with Crippen LogP contribution in [0.4, 0.5) is 0 Å². The van der Waals surface area contributed by atoms with Gasteiger partial charge in [-0.2, -0.15) is 0 Å². The smallest absolute Gasteiger partial charge is 0.0736 e. The van der Waals surface area contributed by atoms with Crippen LogP contribution in [0, 0.1) is 5.92 Å². The lowest BCUT2D eigenvalue weighted by atomic mass is 9.94. The molecule has 32 heavy (non-hydrogen) atoms. The molecule has 0 heterocycles. The van der Waals surface area contributed by atoms with E-state index >= 15 is 0 Å². The Kier molecular flexibility index (Phi) is 11.1. The Morgan fingerprint density at radius 1 is 1.28 bits per heavy atom. The molecule has 0 aliphatic heterocycles. The predicted molar refractivity (Wildman–Crippen MR) is 147 cm³/mol. The SMILES string of the molecule is C=C(/C=C/C(CC)=C(/N=C/C(=C\C)CN)c1ccc(C=P)cc1C1CC1)CC(C)CCC. The van der Waals surface area contributed by atoms with Gasteiger partial charge in [0.2, 0.25) is 0 Å². The monoisotopic (exact) mass is 448 g/mol. The molecule has 2 nitrogen and oxygen atoms in total. The maximum absolute atomic E-state index is 5.90. The maximum Gasteiger partial charge on any atom is 0.0736 e. The lowest BCUT2D eigenvalue weighted by Crippen LogP contribution is -2.04. The van der Waals surface area contributed by atoms with Crippen LogP contribution in [0.1, 0.15) is 88.8 Å². The van der Waals surface area contributed by atoms with Crippen molar-refractivity contribution in [2.24, 2.45) is 16.6 Å². The zero-order valence-electron chi connectivity index (χ0n) is 20.5. The van der Waals surface area contributed by atoms with Crippen LogP contribution in [-0.4, -0.2) is 18.6 Å². The summed E-state index contributed by atoms with van der Waals surface area (Å²) >= 11 is 0. The average Bonchev–Trinajstić information content (AvgIpc) is 3.63. The van der Waals surface area contributed by atoms with Crippen LogP contribution in [-0.2, 0) is 0 Å². The van der Waals surface area contributed by atoms with Crippen LogP contribution in [0.15, 0.2) is 64.7 Å². The van der Waals surface area contributed by atoms with E-state index in [1.165, 1.54) is 53.5 Å². The van der Waals surface area contributed by atoms with E-state index in [9.17, 15) is 0 Å². The number of nitrogens with zero attached hydrogens (tertiary/aromatic N) is 1. The molecule has 1 fully saturated rings. The van der Waals surface area contributed by atoms with Crippen LogP contribution in [0.2, 0.25) is 0 Å². The number of hydrogen-bond donors (Lipinski definition) is 1. The Balaban J connectivity index is 2.52. The van der Waals surface area contributed by atoms with Crippen molar-refractivity contribution in [3.63, 3.8) is 0 Å². The van der Waals surface area contributed by atoms with Gasteiger partial charge in [-0.25, -0.2) is 0 Å². The highest BCUT2D eigenvalue weighted by Gasteiger charge is 2.27. The molecule has 1 aromatic carbocycles. The van der Waals surface area contributed by atoms with Gasteiger partial charge in [0.25, 0.3) is 0 Å². The Morgan fingerprint density at radius 2 is 2.03 bits per heavy atom. The van der Waals surface area contributed by atoms with E-state index in [0.717, 1.165) is 24.1 Å². The first-order valence-electron chi connectivity index (χ1n) is 12.1. The third-order valence-corrected chi connectivity index (χ3v) is 6.41. The van der Waals surface area contributed by atoms with E-state index < -0.39 is 0 Å². The topological polar surface area (TPSA) is 38.4 Å². The zero-order chi connectivity index (χ0) is 23.5. The first kappa shape index (κ1) is 26.2. The van der Waals surface area contributed by atoms with Gasteiger partial charge < -0.3 is 5.73 Å². The Hall–Kier alpha value is -2.02. The molecule has 0 spiro atoms. The summed E-state index contributed by atoms with van der Waals surface area (Å²) in [5.74, 6) is 3.28. The normalized spacial score (nSPS) is 16.5. The second-order valence-electron chi connectivity index (χ2n) is 8.91. The third-order valence-electron chi connectivity index (χ3n) is 6.08.